The van der Waals surface area contributed by atoms with Crippen molar-refractivity contribution in [3.05, 3.63) is 0 Å². The summed E-state index contributed by atoms with van der Waals surface area (Å²) in [6.07, 6.45) is 2.86. The SMILES string of the molecule is CCS(=O)(=O)CCCCC(Br)C(C)C. The second-order valence-electron chi connectivity index (χ2n) is 3.99. The fraction of sp³-hybridized carbons (Fsp3) is 1.00. The summed E-state index contributed by atoms with van der Waals surface area (Å²) in [4.78, 5) is 0.520. The number of hydrogen-bond donors (Lipinski definition) is 0. The lowest BCUT2D eigenvalue weighted by atomic mass is 10.1. The van der Waals surface area contributed by atoms with Crippen LogP contribution in [0.25, 0.3) is 0 Å². The molecule has 1 atom stereocenters. The quantitative estimate of drug-likeness (QED) is 0.532. The zero-order valence-corrected chi connectivity index (χ0v) is 11.7. The predicted molar refractivity (Wildman–Crippen MR) is 65.7 cm³/mol. The first-order valence-electron chi connectivity index (χ1n) is 5.23. The Morgan fingerprint density at radius 3 is 2.21 bits per heavy atom. The predicted octanol–water partition coefficient (Wildman–Crippen LogP) is 3.01. The van der Waals surface area contributed by atoms with E-state index in [1.54, 1.807) is 6.92 Å². The van der Waals surface area contributed by atoms with Crippen molar-refractivity contribution in [3.63, 3.8) is 0 Å². The van der Waals surface area contributed by atoms with Crippen molar-refractivity contribution < 1.29 is 8.42 Å². The van der Waals surface area contributed by atoms with Crippen LogP contribution < -0.4 is 0 Å². The van der Waals surface area contributed by atoms with E-state index in [9.17, 15) is 8.42 Å². The maximum atomic E-state index is 11.2. The van der Waals surface area contributed by atoms with Crippen LogP contribution in [0.15, 0.2) is 0 Å². The Bertz CT molecular complexity index is 235. The average Bonchev–Trinajstić information content (AvgIpc) is 2.12. The summed E-state index contributed by atoms with van der Waals surface area (Å²) in [6, 6.07) is 0. The van der Waals surface area contributed by atoms with Crippen molar-refractivity contribution >= 4 is 25.8 Å². The van der Waals surface area contributed by atoms with Crippen LogP contribution in [0.4, 0.5) is 0 Å². The minimum absolute atomic E-state index is 0.273. The highest BCUT2D eigenvalue weighted by atomic mass is 79.9. The Labute approximate surface area is 96.5 Å². The molecule has 14 heavy (non-hydrogen) atoms. The molecule has 0 aliphatic rings. The Balaban J connectivity index is 3.57. The molecule has 0 aliphatic carbocycles. The first-order valence-corrected chi connectivity index (χ1v) is 7.97. The maximum Gasteiger partial charge on any atom is 0.150 e. The fourth-order valence-corrected chi connectivity index (χ4v) is 2.40. The van der Waals surface area contributed by atoms with Crippen LogP contribution >= 0.6 is 15.9 Å². The second kappa shape index (κ2) is 6.83. The fourth-order valence-electron chi connectivity index (χ4n) is 1.14. The largest absolute Gasteiger partial charge is 0.229 e. The molecule has 86 valence electrons. The van der Waals surface area contributed by atoms with Gasteiger partial charge in [-0.1, -0.05) is 43.1 Å². The smallest absolute Gasteiger partial charge is 0.150 e. The van der Waals surface area contributed by atoms with Crippen LogP contribution in [0.5, 0.6) is 0 Å². The van der Waals surface area contributed by atoms with Gasteiger partial charge in [0, 0.05) is 10.6 Å². The lowest BCUT2D eigenvalue weighted by molar-refractivity contribution is 0.553. The van der Waals surface area contributed by atoms with E-state index < -0.39 is 9.84 Å². The van der Waals surface area contributed by atoms with E-state index in [0.717, 1.165) is 19.3 Å². The van der Waals surface area contributed by atoms with Crippen molar-refractivity contribution in [2.75, 3.05) is 11.5 Å². The Kier molecular flexibility index (Phi) is 7.04. The van der Waals surface area contributed by atoms with E-state index in [1.165, 1.54) is 0 Å². The third-order valence-electron chi connectivity index (χ3n) is 2.35. The zero-order valence-electron chi connectivity index (χ0n) is 9.29. The monoisotopic (exact) mass is 284 g/mol. The van der Waals surface area contributed by atoms with Crippen LogP contribution in [0.2, 0.25) is 0 Å². The summed E-state index contributed by atoms with van der Waals surface area (Å²) in [6.45, 7) is 6.04. The molecule has 1 unspecified atom stereocenters. The van der Waals surface area contributed by atoms with Gasteiger partial charge in [0.05, 0.1) is 5.75 Å². The highest BCUT2D eigenvalue weighted by Crippen LogP contribution is 2.18. The number of unbranched alkanes of at least 4 members (excludes halogenated alkanes) is 1. The third kappa shape index (κ3) is 6.82. The summed E-state index contributed by atoms with van der Waals surface area (Å²) in [5.74, 6) is 1.24. The molecule has 0 amide bonds. The van der Waals surface area contributed by atoms with Gasteiger partial charge in [-0.15, -0.1) is 0 Å². The third-order valence-corrected chi connectivity index (χ3v) is 5.65. The van der Waals surface area contributed by atoms with Gasteiger partial charge in [0.1, 0.15) is 9.84 Å². The number of rotatable bonds is 7. The average molecular weight is 285 g/mol. The zero-order chi connectivity index (χ0) is 11.2. The highest BCUT2D eigenvalue weighted by Gasteiger charge is 2.10. The molecule has 0 spiro atoms. The van der Waals surface area contributed by atoms with Gasteiger partial charge in [-0.25, -0.2) is 8.42 Å². The van der Waals surface area contributed by atoms with Crippen LogP contribution in [-0.2, 0) is 9.84 Å². The van der Waals surface area contributed by atoms with Gasteiger partial charge in [-0.3, -0.25) is 0 Å². The summed E-state index contributed by atoms with van der Waals surface area (Å²) in [7, 11) is -2.75. The molecule has 0 radical (unpaired) electrons. The summed E-state index contributed by atoms with van der Waals surface area (Å²) >= 11 is 3.59. The lowest BCUT2D eigenvalue weighted by Gasteiger charge is -2.12. The van der Waals surface area contributed by atoms with E-state index in [-0.39, 0.29) is 5.75 Å². The Hall–Kier alpha value is 0.430. The van der Waals surface area contributed by atoms with Gasteiger partial charge in [0.15, 0.2) is 0 Å². The second-order valence-corrected chi connectivity index (χ2v) is 7.64. The van der Waals surface area contributed by atoms with Crippen molar-refractivity contribution in [1.82, 2.24) is 0 Å². The Morgan fingerprint density at radius 1 is 1.21 bits per heavy atom. The highest BCUT2D eigenvalue weighted by molar-refractivity contribution is 9.09. The van der Waals surface area contributed by atoms with Crippen molar-refractivity contribution in [2.45, 2.75) is 44.9 Å². The summed E-state index contributed by atoms with van der Waals surface area (Å²) in [5.41, 5.74) is 0. The Morgan fingerprint density at radius 2 is 1.79 bits per heavy atom. The number of hydrogen-bond acceptors (Lipinski definition) is 2. The van der Waals surface area contributed by atoms with Crippen LogP contribution in [0, 0.1) is 5.92 Å². The molecule has 0 saturated carbocycles. The molecule has 0 aliphatic heterocycles. The molecular formula is C10H21BrO2S. The van der Waals surface area contributed by atoms with Crippen molar-refractivity contribution in [2.24, 2.45) is 5.92 Å². The normalized spacial score (nSPS) is 14.6. The van der Waals surface area contributed by atoms with Gasteiger partial charge in [-0.2, -0.15) is 0 Å². The van der Waals surface area contributed by atoms with Crippen LogP contribution in [0.3, 0.4) is 0 Å². The molecule has 0 aromatic carbocycles. The van der Waals surface area contributed by atoms with E-state index in [1.807, 2.05) is 0 Å². The number of alkyl halides is 1. The summed E-state index contributed by atoms with van der Waals surface area (Å²) < 4.78 is 22.3. The standard InChI is InChI=1S/C10H21BrO2S/c1-4-14(12,13)8-6-5-7-10(11)9(2)3/h9-10H,4-8H2,1-3H3. The first kappa shape index (κ1) is 14.4. The van der Waals surface area contributed by atoms with Gasteiger partial charge in [0.25, 0.3) is 0 Å². The van der Waals surface area contributed by atoms with Gasteiger partial charge in [0.2, 0.25) is 0 Å². The molecule has 0 bridgehead atoms. The molecule has 0 saturated heterocycles. The molecule has 2 nitrogen and oxygen atoms in total. The van der Waals surface area contributed by atoms with E-state index >= 15 is 0 Å². The van der Waals surface area contributed by atoms with Crippen molar-refractivity contribution in [1.29, 1.82) is 0 Å². The molecule has 0 aromatic heterocycles. The van der Waals surface area contributed by atoms with Crippen molar-refractivity contribution in [3.8, 4) is 0 Å². The van der Waals surface area contributed by atoms with E-state index in [4.69, 9.17) is 0 Å². The molecule has 0 fully saturated rings. The molecule has 0 heterocycles. The lowest BCUT2D eigenvalue weighted by Crippen LogP contribution is -2.10. The summed E-state index contributed by atoms with van der Waals surface area (Å²) in [5, 5.41) is 0. The first-order chi connectivity index (χ1) is 6.39. The number of halogens is 1. The minimum Gasteiger partial charge on any atom is -0.229 e. The van der Waals surface area contributed by atoms with Gasteiger partial charge in [-0.05, 0) is 18.8 Å². The molecule has 0 rings (SSSR count). The van der Waals surface area contributed by atoms with Gasteiger partial charge < -0.3 is 0 Å². The van der Waals surface area contributed by atoms with E-state index in [0.29, 0.717) is 16.5 Å². The minimum atomic E-state index is -2.75. The number of sulfone groups is 1. The van der Waals surface area contributed by atoms with Crippen LogP contribution in [-0.4, -0.2) is 24.8 Å². The van der Waals surface area contributed by atoms with Gasteiger partial charge >= 0.3 is 0 Å². The molecular weight excluding hydrogens is 264 g/mol. The van der Waals surface area contributed by atoms with Crippen LogP contribution in [0.1, 0.15) is 40.0 Å². The molecule has 0 aromatic rings. The molecule has 4 heteroatoms. The molecule has 0 N–H and O–H groups in total. The van der Waals surface area contributed by atoms with E-state index in [2.05, 4.69) is 29.8 Å². The maximum absolute atomic E-state index is 11.2. The topological polar surface area (TPSA) is 34.1 Å².